The first kappa shape index (κ1) is 19.0. The normalized spacial score (nSPS) is 22.8. The second kappa shape index (κ2) is 7.44. The second-order valence-electron chi connectivity index (χ2n) is 8.54. The standard InChI is InChI=1S/C21H24ClN9/c1-28-4-6-29(7-5-28)16-8-15(9-16)26-20-23-11-18-17(2-3-31(18)27-20)14-10-24-21-25-12-19(22)30(21)13-14/h2-3,10-13,15-16H,4-9H2,1H3,(H,26,27)/t15-,16+. The number of nitrogens with one attached hydrogen (secondary N) is 1. The van der Waals surface area contributed by atoms with Crippen LogP contribution in [-0.4, -0.2) is 84.1 Å². The number of halogens is 1. The number of fused-ring (bicyclic) bond motifs is 2. The van der Waals surface area contributed by atoms with Crippen molar-refractivity contribution in [1.82, 2.24) is 38.8 Å². The van der Waals surface area contributed by atoms with Gasteiger partial charge in [-0.1, -0.05) is 11.6 Å². The Balaban J connectivity index is 1.16. The molecule has 1 saturated heterocycles. The third-order valence-electron chi connectivity index (χ3n) is 6.55. The van der Waals surface area contributed by atoms with Gasteiger partial charge >= 0.3 is 0 Å². The van der Waals surface area contributed by atoms with Gasteiger partial charge in [-0.05, 0) is 26.0 Å². The van der Waals surface area contributed by atoms with E-state index in [0.29, 0.717) is 29.0 Å². The summed E-state index contributed by atoms with van der Waals surface area (Å²) >= 11 is 6.20. The van der Waals surface area contributed by atoms with Crippen molar-refractivity contribution in [2.45, 2.75) is 24.9 Å². The van der Waals surface area contributed by atoms with E-state index in [2.05, 4.69) is 42.2 Å². The zero-order chi connectivity index (χ0) is 20.9. The third-order valence-corrected chi connectivity index (χ3v) is 6.83. The molecule has 2 fully saturated rings. The topological polar surface area (TPSA) is 78.9 Å². The lowest BCUT2D eigenvalue weighted by atomic mass is 9.85. The lowest BCUT2D eigenvalue weighted by Gasteiger charge is -2.46. The second-order valence-corrected chi connectivity index (χ2v) is 8.93. The van der Waals surface area contributed by atoms with Crippen LogP contribution in [0.25, 0.3) is 22.4 Å². The van der Waals surface area contributed by atoms with Gasteiger partial charge in [-0.3, -0.25) is 9.30 Å². The number of piperazine rings is 1. The maximum absolute atomic E-state index is 6.20. The summed E-state index contributed by atoms with van der Waals surface area (Å²) in [6.07, 6.45) is 11.4. The van der Waals surface area contributed by atoms with Crippen molar-refractivity contribution in [3.63, 3.8) is 0 Å². The first-order chi connectivity index (χ1) is 15.1. The van der Waals surface area contributed by atoms with E-state index in [9.17, 15) is 0 Å². The molecular formula is C21H24ClN9. The molecule has 2 aliphatic rings. The molecule has 0 spiro atoms. The fraction of sp³-hybridized carbons (Fsp3) is 0.429. The van der Waals surface area contributed by atoms with Crippen LogP contribution in [-0.2, 0) is 0 Å². The Bertz CT molecular complexity index is 1230. The molecule has 0 amide bonds. The lowest BCUT2D eigenvalue weighted by Crippen LogP contribution is -2.55. The number of hydrogen-bond acceptors (Lipinski definition) is 7. The molecule has 31 heavy (non-hydrogen) atoms. The molecule has 0 unspecified atom stereocenters. The van der Waals surface area contributed by atoms with Crippen molar-refractivity contribution in [1.29, 1.82) is 0 Å². The highest BCUT2D eigenvalue weighted by atomic mass is 35.5. The number of anilines is 1. The van der Waals surface area contributed by atoms with Crippen molar-refractivity contribution in [2.24, 2.45) is 0 Å². The Hall–Kier alpha value is -2.75. The SMILES string of the molecule is CN1CCN([C@H]2C[C@@H](Nc3ncc4c(-c5cnc6ncc(Cl)n6c5)ccn4n3)C2)CC1. The van der Waals surface area contributed by atoms with Crippen LogP contribution in [0.4, 0.5) is 5.95 Å². The monoisotopic (exact) mass is 437 g/mol. The van der Waals surface area contributed by atoms with Crippen LogP contribution in [0, 0.1) is 0 Å². The van der Waals surface area contributed by atoms with Crippen LogP contribution in [0.1, 0.15) is 12.8 Å². The molecular weight excluding hydrogens is 414 g/mol. The maximum atomic E-state index is 6.20. The summed E-state index contributed by atoms with van der Waals surface area (Å²) in [5.41, 5.74) is 2.87. The summed E-state index contributed by atoms with van der Waals surface area (Å²) in [5.74, 6) is 1.25. The molecule has 0 atom stereocenters. The van der Waals surface area contributed by atoms with Gasteiger partial charge in [-0.15, -0.1) is 5.10 Å². The fourth-order valence-corrected chi connectivity index (χ4v) is 4.74. The average molecular weight is 438 g/mol. The van der Waals surface area contributed by atoms with Gasteiger partial charge in [0.25, 0.3) is 0 Å². The first-order valence-electron chi connectivity index (χ1n) is 10.7. The van der Waals surface area contributed by atoms with Gasteiger partial charge < -0.3 is 10.2 Å². The number of nitrogens with zero attached hydrogens (tertiary/aromatic N) is 8. The smallest absolute Gasteiger partial charge is 0.241 e. The lowest BCUT2D eigenvalue weighted by molar-refractivity contribution is 0.0656. The van der Waals surface area contributed by atoms with Gasteiger partial charge in [0, 0.05) is 68.0 Å². The maximum Gasteiger partial charge on any atom is 0.241 e. The Kier molecular flexibility index (Phi) is 4.55. The van der Waals surface area contributed by atoms with E-state index in [4.69, 9.17) is 11.6 Å². The predicted molar refractivity (Wildman–Crippen MR) is 119 cm³/mol. The zero-order valence-corrected chi connectivity index (χ0v) is 18.1. The fourth-order valence-electron chi connectivity index (χ4n) is 4.57. The summed E-state index contributed by atoms with van der Waals surface area (Å²) in [4.78, 5) is 18.2. The van der Waals surface area contributed by atoms with Gasteiger partial charge in [-0.25, -0.2) is 19.5 Å². The molecule has 1 N–H and O–H groups in total. The molecule has 10 heteroatoms. The summed E-state index contributed by atoms with van der Waals surface area (Å²) in [7, 11) is 2.20. The molecule has 9 nitrogen and oxygen atoms in total. The van der Waals surface area contributed by atoms with Gasteiger partial charge in [0.15, 0.2) is 0 Å². The summed E-state index contributed by atoms with van der Waals surface area (Å²) < 4.78 is 3.63. The van der Waals surface area contributed by atoms with Crippen molar-refractivity contribution in [3.05, 3.63) is 42.2 Å². The number of imidazole rings is 1. The highest BCUT2D eigenvalue weighted by molar-refractivity contribution is 6.29. The van der Waals surface area contributed by atoms with Crippen LogP contribution >= 0.6 is 11.6 Å². The molecule has 1 aliphatic carbocycles. The molecule has 1 aliphatic heterocycles. The first-order valence-corrected chi connectivity index (χ1v) is 11.0. The molecule has 0 bridgehead atoms. The van der Waals surface area contributed by atoms with E-state index in [1.165, 1.54) is 26.2 Å². The molecule has 4 aromatic heterocycles. The molecule has 0 radical (unpaired) electrons. The largest absolute Gasteiger partial charge is 0.350 e. The van der Waals surface area contributed by atoms with Crippen LogP contribution < -0.4 is 5.32 Å². The minimum absolute atomic E-state index is 0.437. The molecule has 0 aromatic carbocycles. The van der Waals surface area contributed by atoms with Crippen LogP contribution in [0.5, 0.6) is 0 Å². The zero-order valence-electron chi connectivity index (χ0n) is 17.3. The number of likely N-dealkylation sites (N-methyl/N-ethyl adjacent to an activating group) is 1. The highest BCUT2D eigenvalue weighted by Gasteiger charge is 2.35. The van der Waals surface area contributed by atoms with E-state index in [0.717, 1.165) is 29.5 Å². The van der Waals surface area contributed by atoms with Crippen LogP contribution in [0.2, 0.25) is 5.15 Å². The van der Waals surface area contributed by atoms with E-state index >= 15 is 0 Å². The summed E-state index contributed by atoms with van der Waals surface area (Å²) in [6.45, 7) is 4.68. The van der Waals surface area contributed by atoms with E-state index in [1.807, 2.05) is 29.2 Å². The quantitative estimate of drug-likeness (QED) is 0.524. The number of rotatable bonds is 4. The van der Waals surface area contributed by atoms with E-state index in [1.54, 1.807) is 16.8 Å². The highest BCUT2D eigenvalue weighted by Crippen LogP contribution is 2.29. The molecule has 4 aromatic rings. The van der Waals surface area contributed by atoms with Crippen molar-refractivity contribution < 1.29 is 0 Å². The van der Waals surface area contributed by atoms with Crippen LogP contribution in [0.15, 0.2) is 37.1 Å². The number of aromatic nitrogens is 6. The van der Waals surface area contributed by atoms with Gasteiger partial charge in [0.1, 0.15) is 5.15 Å². The van der Waals surface area contributed by atoms with Crippen molar-refractivity contribution in [3.8, 4) is 11.1 Å². The van der Waals surface area contributed by atoms with Crippen molar-refractivity contribution in [2.75, 3.05) is 38.5 Å². The van der Waals surface area contributed by atoms with E-state index in [-0.39, 0.29) is 0 Å². The summed E-state index contributed by atoms with van der Waals surface area (Å²) in [5, 5.41) is 8.71. The Morgan fingerprint density at radius 3 is 2.68 bits per heavy atom. The van der Waals surface area contributed by atoms with Crippen LogP contribution in [0.3, 0.4) is 0 Å². The Morgan fingerprint density at radius 1 is 1.03 bits per heavy atom. The Morgan fingerprint density at radius 2 is 1.84 bits per heavy atom. The molecule has 5 heterocycles. The third kappa shape index (κ3) is 3.42. The van der Waals surface area contributed by atoms with Crippen molar-refractivity contribution >= 4 is 28.8 Å². The summed E-state index contributed by atoms with van der Waals surface area (Å²) in [6, 6.07) is 3.14. The predicted octanol–water partition coefficient (Wildman–Crippen LogP) is 2.28. The molecule has 6 rings (SSSR count). The van der Waals surface area contributed by atoms with E-state index < -0.39 is 0 Å². The van der Waals surface area contributed by atoms with Gasteiger partial charge in [0.2, 0.25) is 11.7 Å². The average Bonchev–Trinajstić information content (AvgIpc) is 3.34. The molecule has 160 valence electrons. The number of hydrogen-bond donors (Lipinski definition) is 1. The van der Waals surface area contributed by atoms with Gasteiger partial charge in [-0.2, -0.15) is 0 Å². The van der Waals surface area contributed by atoms with Gasteiger partial charge in [0.05, 0.1) is 17.9 Å². The molecule has 1 saturated carbocycles. The Labute approximate surface area is 184 Å². The minimum atomic E-state index is 0.437. The minimum Gasteiger partial charge on any atom is -0.350 e.